The first kappa shape index (κ1) is 17.7. The Hall–Kier alpha value is -2.66. The number of amides is 1. The van der Waals surface area contributed by atoms with E-state index >= 15 is 0 Å². The average Bonchev–Trinajstić information content (AvgIpc) is 2.60. The van der Waals surface area contributed by atoms with Gasteiger partial charge in [-0.15, -0.1) is 0 Å². The second kappa shape index (κ2) is 8.84. The molecule has 0 spiro atoms. The van der Waals surface area contributed by atoms with Crippen molar-refractivity contribution in [1.82, 2.24) is 0 Å². The minimum atomic E-state index is -1.23. The number of hydrogen-bond donors (Lipinski definition) is 2. The molecule has 2 rings (SSSR count). The largest absolute Gasteiger partial charge is 0.544 e. The summed E-state index contributed by atoms with van der Waals surface area (Å²) in [7, 11) is 0. The molecule has 0 heterocycles. The highest BCUT2D eigenvalue weighted by Gasteiger charge is 2.18. The minimum Gasteiger partial charge on any atom is -0.544 e. The van der Waals surface area contributed by atoms with E-state index < -0.39 is 12.0 Å². The van der Waals surface area contributed by atoms with E-state index in [1.165, 1.54) is 5.56 Å². The van der Waals surface area contributed by atoms with Gasteiger partial charge in [0.15, 0.2) is 0 Å². The molecule has 3 N–H and O–H groups in total. The maximum absolute atomic E-state index is 12.1. The minimum absolute atomic E-state index is 0.134. The van der Waals surface area contributed by atoms with Crippen molar-refractivity contribution in [2.24, 2.45) is 0 Å². The van der Waals surface area contributed by atoms with Crippen molar-refractivity contribution < 1.29 is 20.0 Å². The summed E-state index contributed by atoms with van der Waals surface area (Å²) in [6.07, 6.45) is 0.792. The van der Waals surface area contributed by atoms with Crippen LogP contribution >= 0.6 is 0 Å². The standard InChI is InChI=1S/C19H22N2O3/c1-2-14-8-10-16(11-9-14)21-18(22)12-17(19(23)24)20-13-15-6-4-3-5-7-15/h3-11,17,20H,2,12-13H2,1H3,(H,21,22)(H,23,24). The number of benzene rings is 2. The van der Waals surface area contributed by atoms with Gasteiger partial charge < -0.3 is 20.5 Å². The molecule has 24 heavy (non-hydrogen) atoms. The Morgan fingerprint density at radius 2 is 1.71 bits per heavy atom. The van der Waals surface area contributed by atoms with Gasteiger partial charge in [-0.1, -0.05) is 49.4 Å². The fourth-order valence-electron chi connectivity index (χ4n) is 2.39. The monoisotopic (exact) mass is 326 g/mol. The van der Waals surface area contributed by atoms with Crippen LogP contribution in [0.25, 0.3) is 0 Å². The van der Waals surface area contributed by atoms with Crippen LogP contribution in [0, 0.1) is 0 Å². The normalized spacial score (nSPS) is 11.7. The lowest BCUT2D eigenvalue weighted by atomic mass is 10.1. The molecule has 0 saturated carbocycles. The second-order valence-electron chi connectivity index (χ2n) is 5.65. The summed E-state index contributed by atoms with van der Waals surface area (Å²) in [6.45, 7) is 2.54. The van der Waals surface area contributed by atoms with E-state index in [0.29, 0.717) is 12.2 Å². The number of anilines is 1. The van der Waals surface area contributed by atoms with E-state index in [-0.39, 0.29) is 12.3 Å². The highest BCUT2D eigenvalue weighted by Crippen LogP contribution is 2.10. The number of carbonyl (C=O) groups excluding carboxylic acids is 2. The first-order valence-corrected chi connectivity index (χ1v) is 8.05. The van der Waals surface area contributed by atoms with Crippen molar-refractivity contribution >= 4 is 17.6 Å². The van der Waals surface area contributed by atoms with Crippen LogP contribution in [0.5, 0.6) is 0 Å². The summed E-state index contributed by atoms with van der Waals surface area (Å²) in [5.41, 5.74) is 2.84. The van der Waals surface area contributed by atoms with Gasteiger partial charge in [-0.25, -0.2) is 0 Å². The molecule has 126 valence electrons. The number of carboxylic acid groups (broad SMARTS) is 1. The van der Waals surface area contributed by atoms with E-state index in [4.69, 9.17) is 0 Å². The number of hydrogen-bond acceptors (Lipinski definition) is 3. The molecule has 0 saturated heterocycles. The van der Waals surface area contributed by atoms with Crippen molar-refractivity contribution in [3.05, 3.63) is 65.7 Å². The third kappa shape index (κ3) is 5.52. The molecular formula is C19H22N2O3. The van der Waals surface area contributed by atoms with Crippen LogP contribution in [0.15, 0.2) is 54.6 Å². The predicted molar refractivity (Wildman–Crippen MR) is 89.9 cm³/mol. The molecule has 5 heteroatoms. The number of carbonyl (C=O) groups is 2. The smallest absolute Gasteiger partial charge is 0.230 e. The fourth-order valence-corrected chi connectivity index (χ4v) is 2.39. The van der Waals surface area contributed by atoms with E-state index in [9.17, 15) is 14.7 Å². The summed E-state index contributed by atoms with van der Waals surface area (Å²) >= 11 is 0. The topological polar surface area (TPSA) is 85.8 Å². The van der Waals surface area contributed by atoms with Crippen molar-refractivity contribution in [2.45, 2.75) is 32.4 Å². The lowest BCUT2D eigenvalue weighted by Gasteiger charge is -2.16. The van der Waals surface area contributed by atoms with Crippen LogP contribution < -0.4 is 15.7 Å². The first-order chi connectivity index (χ1) is 11.6. The molecule has 0 bridgehead atoms. The number of carboxylic acids is 1. The Bertz CT molecular complexity index is 669. The molecule has 1 atom stereocenters. The van der Waals surface area contributed by atoms with E-state index in [2.05, 4.69) is 12.2 Å². The molecule has 0 fully saturated rings. The van der Waals surface area contributed by atoms with Gasteiger partial charge >= 0.3 is 0 Å². The Morgan fingerprint density at radius 3 is 2.29 bits per heavy atom. The Morgan fingerprint density at radius 1 is 1.04 bits per heavy atom. The van der Waals surface area contributed by atoms with Gasteiger partial charge in [-0.2, -0.15) is 0 Å². The third-order valence-corrected chi connectivity index (χ3v) is 3.83. The zero-order valence-electron chi connectivity index (χ0n) is 13.7. The van der Waals surface area contributed by atoms with Gasteiger partial charge in [0.2, 0.25) is 5.91 Å². The molecule has 1 unspecified atom stereocenters. The zero-order valence-corrected chi connectivity index (χ0v) is 13.7. The van der Waals surface area contributed by atoms with Crippen molar-refractivity contribution in [3.63, 3.8) is 0 Å². The molecule has 2 aromatic carbocycles. The molecule has 1 amide bonds. The van der Waals surface area contributed by atoms with Crippen molar-refractivity contribution in [3.8, 4) is 0 Å². The van der Waals surface area contributed by atoms with Crippen LogP contribution in [-0.4, -0.2) is 17.9 Å². The van der Waals surface area contributed by atoms with Crippen LogP contribution in [-0.2, 0) is 22.6 Å². The van der Waals surface area contributed by atoms with Crippen LogP contribution in [0.3, 0.4) is 0 Å². The Kier molecular flexibility index (Phi) is 6.51. The highest BCUT2D eigenvalue weighted by molar-refractivity contribution is 5.93. The van der Waals surface area contributed by atoms with Crippen LogP contribution in [0.2, 0.25) is 0 Å². The van der Waals surface area contributed by atoms with Crippen LogP contribution in [0.4, 0.5) is 5.69 Å². The van der Waals surface area contributed by atoms with Crippen LogP contribution in [0.1, 0.15) is 24.5 Å². The predicted octanol–water partition coefficient (Wildman–Crippen LogP) is 0.460. The summed E-state index contributed by atoms with van der Waals surface area (Å²) in [5, 5.41) is 15.6. The number of aliphatic carboxylic acids is 1. The van der Waals surface area contributed by atoms with Gasteiger partial charge in [0.1, 0.15) is 12.6 Å². The first-order valence-electron chi connectivity index (χ1n) is 8.05. The SMILES string of the molecule is CCc1ccc(NC(=O)CC([NH2+]Cc2ccccc2)C(=O)[O-])cc1. The number of rotatable bonds is 8. The number of aryl methyl sites for hydroxylation is 1. The quantitative estimate of drug-likeness (QED) is 0.739. The molecule has 0 aromatic heterocycles. The maximum atomic E-state index is 12.1. The average molecular weight is 326 g/mol. The molecule has 0 aliphatic carbocycles. The lowest BCUT2D eigenvalue weighted by molar-refractivity contribution is -0.697. The Labute approximate surface area is 141 Å². The third-order valence-electron chi connectivity index (χ3n) is 3.83. The summed E-state index contributed by atoms with van der Waals surface area (Å²) in [6, 6.07) is 16.1. The molecule has 2 aromatic rings. The number of quaternary nitrogens is 1. The molecule has 0 aliphatic heterocycles. The molecule has 0 aliphatic rings. The summed E-state index contributed by atoms with van der Waals surface area (Å²) in [4.78, 5) is 23.3. The van der Waals surface area contributed by atoms with E-state index in [1.807, 2.05) is 54.6 Å². The van der Waals surface area contributed by atoms with Crippen molar-refractivity contribution in [2.75, 3.05) is 5.32 Å². The van der Waals surface area contributed by atoms with Gasteiger partial charge in [0, 0.05) is 11.3 Å². The van der Waals surface area contributed by atoms with Gasteiger partial charge in [-0.05, 0) is 24.1 Å². The molecular weight excluding hydrogens is 304 g/mol. The summed E-state index contributed by atoms with van der Waals surface area (Å²) < 4.78 is 0. The van der Waals surface area contributed by atoms with Gasteiger partial charge in [0.05, 0.1) is 12.4 Å². The molecule has 0 radical (unpaired) electrons. The summed E-state index contributed by atoms with van der Waals surface area (Å²) in [5.74, 6) is -1.57. The number of nitrogens with one attached hydrogen (secondary N) is 1. The van der Waals surface area contributed by atoms with Gasteiger partial charge in [-0.3, -0.25) is 4.79 Å². The fraction of sp³-hybridized carbons (Fsp3) is 0.263. The number of nitrogens with two attached hydrogens (primary N) is 1. The lowest BCUT2D eigenvalue weighted by Crippen LogP contribution is -2.92. The maximum Gasteiger partial charge on any atom is 0.230 e. The van der Waals surface area contributed by atoms with E-state index in [1.54, 1.807) is 5.32 Å². The zero-order chi connectivity index (χ0) is 17.4. The van der Waals surface area contributed by atoms with E-state index in [0.717, 1.165) is 12.0 Å². The highest BCUT2D eigenvalue weighted by atomic mass is 16.4. The Balaban J connectivity index is 1.89. The van der Waals surface area contributed by atoms with Crippen molar-refractivity contribution in [1.29, 1.82) is 0 Å². The second-order valence-corrected chi connectivity index (χ2v) is 5.65. The van der Waals surface area contributed by atoms with Gasteiger partial charge in [0.25, 0.3) is 0 Å². The molecule has 5 nitrogen and oxygen atoms in total.